The second-order valence-corrected chi connectivity index (χ2v) is 4.42. The van der Waals surface area contributed by atoms with Crippen LogP contribution in [-0.4, -0.2) is 38.2 Å². The van der Waals surface area contributed by atoms with Crippen LogP contribution < -0.4 is 10.6 Å². The Bertz CT molecular complexity index is 538. The van der Waals surface area contributed by atoms with E-state index in [1.807, 2.05) is 0 Å². The molecule has 92 valence electrons. The van der Waals surface area contributed by atoms with E-state index < -0.39 is 17.4 Å². The largest absolute Gasteiger partial charge is 0.335 e. The SMILES string of the molecule is O=C(NC12CC(C1)C(=O)NC2=O)c1ncncn1. The Morgan fingerprint density at radius 2 is 2.00 bits per heavy atom. The van der Waals surface area contributed by atoms with Crippen LogP contribution in [0.2, 0.25) is 0 Å². The number of rotatable bonds is 2. The number of nitrogens with zero attached hydrogens (tertiary/aromatic N) is 3. The third kappa shape index (κ3) is 1.45. The number of aromatic nitrogens is 3. The summed E-state index contributed by atoms with van der Waals surface area (Å²) < 4.78 is 0. The van der Waals surface area contributed by atoms with Crippen LogP contribution in [0.4, 0.5) is 0 Å². The van der Waals surface area contributed by atoms with Gasteiger partial charge in [0.15, 0.2) is 0 Å². The molecule has 0 spiro atoms. The Morgan fingerprint density at radius 3 is 2.61 bits per heavy atom. The van der Waals surface area contributed by atoms with Crippen molar-refractivity contribution < 1.29 is 14.4 Å². The Morgan fingerprint density at radius 1 is 1.33 bits per heavy atom. The van der Waals surface area contributed by atoms with Crippen molar-refractivity contribution in [2.75, 3.05) is 0 Å². The first-order chi connectivity index (χ1) is 8.61. The van der Waals surface area contributed by atoms with Crippen LogP contribution in [-0.2, 0) is 9.59 Å². The van der Waals surface area contributed by atoms with Crippen LogP contribution in [0.1, 0.15) is 23.5 Å². The van der Waals surface area contributed by atoms with Gasteiger partial charge in [0.2, 0.25) is 11.7 Å². The molecule has 3 heterocycles. The van der Waals surface area contributed by atoms with Gasteiger partial charge in [-0.15, -0.1) is 0 Å². The molecule has 0 unspecified atom stereocenters. The van der Waals surface area contributed by atoms with Gasteiger partial charge in [0, 0.05) is 5.92 Å². The molecule has 2 bridgehead atoms. The molecule has 1 aliphatic carbocycles. The summed E-state index contributed by atoms with van der Waals surface area (Å²) in [6.07, 6.45) is 3.09. The van der Waals surface area contributed by atoms with E-state index in [2.05, 4.69) is 25.6 Å². The van der Waals surface area contributed by atoms with Crippen molar-refractivity contribution in [3.63, 3.8) is 0 Å². The number of carbonyl (C=O) groups excluding carboxylic acids is 3. The summed E-state index contributed by atoms with van der Waals surface area (Å²) in [5, 5.41) is 4.82. The molecule has 2 saturated heterocycles. The van der Waals surface area contributed by atoms with E-state index in [0.29, 0.717) is 12.8 Å². The van der Waals surface area contributed by atoms with Crippen molar-refractivity contribution in [1.29, 1.82) is 0 Å². The molecular weight excluding hydrogens is 238 g/mol. The third-order valence-corrected chi connectivity index (χ3v) is 3.28. The fraction of sp³-hybridized carbons (Fsp3) is 0.400. The van der Waals surface area contributed by atoms with Crippen molar-refractivity contribution in [3.05, 3.63) is 18.5 Å². The number of hydrogen-bond acceptors (Lipinski definition) is 6. The van der Waals surface area contributed by atoms with Gasteiger partial charge in [-0.3, -0.25) is 19.7 Å². The van der Waals surface area contributed by atoms with Gasteiger partial charge in [0.05, 0.1) is 0 Å². The smallest absolute Gasteiger partial charge is 0.290 e. The lowest BCUT2D eigenvalue weighted by Gasteiger charge is -2.49. The highest BCUT2D eigenvalue weighted by molar-refractivity contribution is 6.09. The van der Waals surface area contributed by atoms with Gasteiger partial charge in [-0.2, -0.15) is 0 Å². The first kappa shape index (κ1) is 10.8. The molecule has 18 heavy (non-hydrogen) atoms. The number of carbonyl (C=O) groups is 3. The molecule has 2 N–H and O–H groups in total. The molecule has 1 saturated carbocycles. The van der Waals surface area contributed by atoms with Crippen LogP contribution in [0, 0.1) is 5.92 Å². The highest BCUT2D eigenvalue weighted by Crippen LogP contribution is 2.41. The molecule has 1 aromatic heterocycles. The average molecular weight is 247 g/mol. The number of amides is 3. The second-order valence-electron chi connectivity index (χ2n) is 4.42. The van der Waals surface area contributed by atoms with Gasteiger partial charge in [-0.25, -0.2) is 15.0 Å². The van der Waals surface area contributed by atoms with Crippen LogP contribution in [0.25, 0.3) is 0 Å². The predicted octanol–water partition coefficient (Wildman–Crippen LogP) is -1.59. The highest BCUT2D eigenvalue weighted by atomic mass is 16.2. The molecule has 2 aliphatic heterocycles. The standard InChI is InChI=1S/C10H9N5O3/c16-7-5-1-10(2-5,9(18)14-7)15-8(17)6-12-3-11-4-13-6/h3-5H,1-2H2,(H,15,17)(H,14,16,18). The lowest BCUT2D eigenvalue weighted by Crippen LogP contribution is -2.73. The summed E-state index contributed by atoms with van der Waals surface area (Å²) in [6, 6.07) is 0. The summed E-state index contributed by atoms with van der Waals surface area (Å²) in [6.45, 7) is 0. The molecule has 3 amide bonds. The number of imide groups is 1. The maximum atomic E-state index is 11.8. The summed E-state index contributed by atoms with van der Waals surface area (Å²) >= 11 is 0. The number of hydrogen-bond donors (Lipinski definition) is 2. The molecule has 0 aromatic carbocycles. The Hall–Kier alpha value is -2.38. The van der Waals surface area contributed by atoms with E-state index in [0.717, 1.165) is 0 Å². The van der Waals surface area contributed by atoms with Crippen LogP contribution in [0.3, 0.4) is 0 Å². The van der Waals surface area contributed by atoms with Gasteiger partial charge in [0.25, 0.3) is 11.8 Å². The van der Waals surface area contributed by atoms with E-state index in [1.165, 1.54) is 12.7 Å². The molecular formula is C10H9N5O3. The minimum absolute atomic E-state index is 0.0486. The minimum atomic E-state index is -0.984. The van der Waals surface area contributed by atoms with Crippen molar-refractivity contribution in [2.45, 2.75) is 18.4 Å². The molecule has 1 aromatic rings. The van der Waals surface area contributed by atoms with Gasteiger partial charge in [0.1, 0.15) is 18.2 Å². The average Bonchev–Trinajstić information content (AvgIpc) is 2.32. The fourth-order valence-electron chi connectivity index (χ4n) is 2.27. The predicted molar refractivity (Wildman–Crippen MR) is 55.9 cm³/mol. The number of nitrogens with one attached hydrogen (secondary N) is 2. The maximum Gasteiger partial charge on any atom is 0.290 e. The van der Waals surface area contributed by atoms with Gasteiger partial charge >= 0.3 is 0 Å². The molecule has 4 rings (SSSR count). The summed E-state index contributed by atoms with van der Waals surface area (Å²) in [7, 11) is 0. The number of piperidine rings is 2. The molecule has 0 radical (unpaired) electrons. The Balaban J connectivity index is 1.77. The van der Waals surface area contributed by atoms with E-state index in [1.54, 1.807) is 0 Å². The van der Waals surface area contributed by atoms with E-state index in [4.69, 9.17) is 0 Å². The fourth-order valence-corrected chi connectivity index (χ4v) is 2.27. The minimum Gasteiger partial charge on any atom is -0.335 e. The highest BCUT2D eigenvalue weighted by Gasteiger charge is 2.58. The molecule has 8 nitrogen and oxygen atoms in total. The first-order valence-electron chi connectivity index (χ1n) is 5.40. The normalized spacial score (nSPS) is 29.2. The molecule has 3 fully saturated rings. The van der Waals surface area contributed by atoms with Crippen LogP contribution >= 0.6 is 0 Å². The molecule has 3 aliphatic rings. The van der Waals surface area contributed by atoms with Crippen molar-refractivity contribution in [2.24, 2.45) is 5.92 Å². The van der Waals surface area contributed by atoms with Crippen molar-refractivity contribution in [1.82, 2.24) is 25.6 Å². The Labute approximate surface area is 101 Å². The van der Waals surface area contributed by atoms with Crippen molar-refractivity contribution >= 4 is 17.7 Å². The van der Waals surface area contributed by atoms with E-state index in [9.17, 15) is 14.4 Å². The van der Waals surface area contributed by atoms with Gasteiger partial charge in [-0.1, -0.05) is 0 Å². The number of fused-ring (bicyclic) bond motifs is 2. The summed E-state index contributed by atoms with van der Waals surface area (Å²) in [5.74, 6) is -1.51. The third-order valence-electron chi connectivity index (χ3n) is 3.28. The summed E-state index contributed by atoms with van der Waals surface area (Å²) in [5.41, 5.74) is -0.984. The second kappa shape index (κ2) is 3.56. The van der Waals surface area contributed by atoms with E-state index in [-0.39, 0.29) is 17.6 Å². The maximum absolute atomic E-state index is 11.8. The molecule has 0 atom stereocenters. The first-order valence-corrected chi connectivity index (χ1v) is 5.40. The quantitative estimate of drug-likeness (QED) is 0.609. The van der Waals surface area contributed by atoms with Gasteiger partial charge in [-0.05, 0) is 12.8 Å². The zero-order valence-corrected chi connectivity index (χ0v) is 9.21. The van der Waals surface area contributed by atoms with Crippen molar-refractivity contribution in [3.8, 4) is 0 Å². The van der Waals surface area contributed by atoms with Crippen LogP contribution in [0.15, 0.2) is 12.7 Å². The zero-order valence-electron chi connectivity index (χ0n) is 9.21. The topological polar surface area (TPSA) is 114 Å². The lowest BCUT2D eigenvalue weighted by atomic mass is 9.64. The van der Waals surface area contributed by atoms with Gasteiger partial charge < -0.3 is 5.32 Å². The van der Waals surface area contributed by atoms with Crippen LogP contribution in [0.5, 0.6) is 0 Å². The lowest BCUT2D eigenvalue weighted by molar-refractivity contribution is -0.152. The molecule has 8 heteroatoms. The Kier molecular flexibility index (Phi) is 2.12. The monoisotopic (exact) mass is 247 g/mol. The van der Waals surface area contributed by atoms with E-state index >= 15 is 0 Å². The zero-order chi connectivity index (χ0) is 12.8. The summed E-state index contributed by atoms with van der Waals surface area (Å²) in [4.78, 5) is 45.8.